The number of hydrogen-bond acceptors (Lipinski definition) is 5. The van der Waals surface area contributed by atoms with Crippen LogP contribution in [0.4, 0.5) is 0 Å². The Morgan fingerprint density at radius 2 is 1.87 bits per heavy atom. The third-order valence-electron chi connectivity index (χ3n) is 5.42. The lowest BCUT2D eigenvalue weighted by Gasteiger charge is -2.11. The Kier molecular flexibility index (Phi) is 6.20. The molecule has 0 fully saturated rings. The Balaban J connectivity index is 1.62. The van der Waals surface area contributed by atoms with Crippen LogP contribution in [0.2, 0.25) is 0 Å². The minimum absolute atomic E-state index is 0.178. The zero-order chi connectivity index (χ0) is 22.0. The quantitative estimate of drug-likeness (QED) is 0.323. The molecule has 0 atom stereocenters. The second kappa shape index (κ2) is 8.65. The van der Waals surface area contributed by atoms with Gasteiger partial charge < -0.3 is 9.30 Å². The second-order valence-corrected chi connectivity index (χ2v) is 7.58. The van der Waals surface area contributed by atoms with Gasteiger partial charge in [-0.05, 0) is 52.7 Å². The largest absolute Gasteiger partial charge is 0.457 e. The Morgan fingerprint density at radius 3 is 2.57 bits per heavy atom. The van der Waals surface area contributed by atoms with Crippen LogP contribution in [0.25, 0.3) is 5.65 Å². The SMILES string of the molecule is C=CCn1c(C)cc(C(=O)COC(=O)CCc2c(C)nc3cc(C)nn3c2C)c1C. The van der Waals surface area contributed by atoms with E-state index < -0.39 is 5.97 Å². The third-order valence-corrected chi connectivity index (χ3v) is 5.42. The van der Waals surface area contributed by atoms with E-state index in [1.54, 1.807) is 10.6 Å². The average molecular weight is 409 g/mol. The summed E-state index contributed by atoms with van der Waals surface area (Å²) in [5.41, 5.74) is 6.92. The molecule has 0 spiro atoms. The molecule has 0 amide bonds. The van der Waals surface area contributed by atoms with Crippen molar-refractivity contribution in [2.45, 2.75) is 54.0 Å². The van der Waals surface area contributed by atoms with Crippen molar-refractivity contribution in [2.24, 2.45) is 0 Å². The predicted molar refractivity (Wildman–Crippen MR) is 115 cm³/mol. The summed E-state index contributed by atoms with van der Waals surface area (Å²) in [6, 6.07) is 3.75. The van der Waals surface area contributed by atoms with Gasteiger partial charge in [-0.2, -0.15) is 5.10 Å². The van der Waals surface area contributed by atoms with Gasteiger partial charge in [-0.1, -0.05) is 6.08 Å². The highest BCUT2D eigenvalue weighted by Gasteiger charge is 2.18. The summed E-state index contributed by atoms with van der Waals surface area (Å²) in [4.78, 5) is 29.4. The number of ether oxygens (including phenoxy) is 1. The van der Waals surface area contributed by atoms with E-state index in [-0.39, 0.29) is 18.8 Å². The zero-order valence-electron chi connectivity index (χ0n) is 18.3. The van der Waals surface area contributed by atoms with Gasteiger partial charge in [0, 0.05) is 47.4 Å². The maximum absolute atomic E-state index is 12.5. The summed E-state index contributed by atoms with van der Waals surface area (Å²) in [6.07, 6.45) is 2.45. The van der Waals surface area contributed by atoms with Gasteiger partial charge in [-0.3, -0.25) is 9.59 Å². The first-order chi connectivity index (χ1) is 14.2. The van der Waals surface area contributed by atoms with Gasteiger partial charge >= 0.3 is 5.97 Å². The molecule has 3 heterocycles. The van der Waals surface area contributed by atoms with Gasteiger partial charge in [-0.25, -0.2) is 9.50 Å². The summed E-state index contributed by atoms with van der Waals surface area (Å²) < 4.78 is 9.06. The van der Waals surface area contributed by atoms with E-state index in [1.165, 1.54) is 0 Å². The molecular formula is C23H28N4O3. The number of aromatic nitrogens is 4. The molecule has 0 unspecified atom stereocenters. The second-order valence-electron chi connectivity index (χ2n) is 7.58. The van der Waals surface area contributed by atoms with Crippen LogP contribution in [0.5, 0.6) is 0 Å². The third kappa shape index (κ3) is 4.20. The molecule has 0 N–H and O–H groups in total. The van der Waals surface area contributed by atoms with E-state index in [0.717, 1.165) is 39.7 Å². The minimum atomic E-state index is -0.404. The highest BCUT2D eigenvalue weighted by Crippen LogP contribution is 2.18. The lowest BCUT2D eigenvalue weighted by atomic mass is 10.1. The van der Waals surface area contributed by atoms with Crippen LogP contribution >= 0.6 is 0 Å². The Morgan fingerprint density at radius 1 is 1.13 bits per heavy atom. The summed E-state index contributed by atoms with van der Waals surface area (Å²) in [6.45, 7) is 13.8. The van der Waals surface area contributed by atoms with Crippen LogP contribution in [0.15, 0.2) is 24.8 Å². The summed E-state index contributed by atoms with van der Waals surface area (Å²) in [5, 5.41) is 4.45. The van der Waals surface area contributed by atoms with E-state index >= 15 is 0 Å². The van der Waals surface area contributed by atoms with Crippen molar-refractivity contribution >= 4 is 17.4 Å². The zero-order valence-corrected chi connectivity index (χ0v) is 18.3. The van der Waals surface area contributed by atoms with Crippen LogP contribution in [0, 0.1) is 34.6 Å². The predicted octanol–water partition coefficient (Wildman–Crippen LogP) is 3.62. The highest BCUT2D eigenvalue weighted by molar-refractivity contribution is 5.99. The fraction of sp³-hybridized carbons (Fsp3) is 0.391. The molecular weight excluding hydrogens is 380 g/mol. The number of hydrogen-bond donors (Lipinski definition) is 0. The van der Waals surface area contributed by atoms with E-state index in [2.05, 4.69) is 16.7 Å². The maximum Gasteiger partial charge on any atom is 0.306 e. The topological polar surface area (TPSA) is 78.5 Å². The molecule has 3 aromatic heterocycles. The first-order valence-corrected chi connectivity index (χ1v) is 10.0. The number of carbonyl (C=O) groups is 2. The van der Waals surface area contributed by atoms with Gasteiger partial charge in [-0.15, -0.1) is 6.58 Å². The molecule has 3 aromatic rings. The van der Waals surface area contributed by atoms with Crippen molar-refractivity contribution in [1.82, 2.24) is 19.2 Å². The number of carbonyl (C=O) groups excluding carboxylic acids is 2. The molecule has 7 heteroatoms. The standard InChI is InChI=1S/C23H28N4O3/c1-7-10-26-15(3)12-20(17(26)5)21(28)13-30-23(29)9-8-19-16(4)24-22-11-14(2)25-27(22)18(19)6/h7,11-12H,1,8-10,13H2,2-6H3. The number of fused-ring (bicyclic) bond motifs is 1. The fourth-order valence-electron chi connectivity index (χ4n) is 3.82. The Hall–Kier alpha value is -3.22. The molecule has 0 bridgehead atoms. The highest BCUT2D eigenvalue weighted by atomic mass is 16.5. The van der Waals surface area contributed by atoms with Crippen molar-refractivity contribution in [3.63, 3.8) is 0 Å². The van der Waals surface area contributed by atoms with Crippen molar-refractivity contribution < 1.29 is 14.3 Å². The Bertz CT molecular complexity index is 1140. The van der Waals surface area contributed by atoms with Crippen molar-refractivity contribution in [1.29, 1.82) is 0 Å². The first-order valence-electron chi connectivity index (χ1n) is 10.0. The lowest BCUT2D eigenvalue weighted by molar-refractivity contribution is -0.142. The van der Waals surface area contributed by atoms with Crippen molar-refractivity contribution in [2.75, 3.05) is 6.61 Å². The van der Waals surface area contributed by atoms with E-state index in [9.17, 15) is 9.59 Å². The summed E-state index contributed by atoms with van der Waals surface area (Å²) >= 11 is 0. The van der Waals surface area contributed by atoms with Crippen LogP contribution in [-0.4, -0.2) is 37.5 Å². The van der Waals surface area contributed by atoms with Crippen LogP contribution in [-0.2, 0) is 22.5 Å². The van der Waals surface area contributed by atoms with Gasteiger partial charge in [0.15, 0.2) is 12.3 Å². The number of Topliss-reactive ketones (excluding diaryl/α,β-unsaturated/α-hetero) is 1. The number of ketones is 1. The van der Waals surface area contributed by atoms with E-state index in [1.807, 2.05) is 51.3 Å². The molecule has 0 saturated carbocycles. The van der Waals surface area contributed by atoms with Crippen LogP contribution in [0.1, 0.15) is 50.8 Å². The minimum Gasteiger partial charge on any atom is -0.457 e. The number of esters is 1. The van der Waals surface area contributed by atoms with Crippen LogP contribution in [0.3, 0.4) is 0 Å². The average Bonchev–Trinajstić information content (AvgIpc) is 3.20. The van der Waals surface area contributed by atoms with Crippen molar-refractivity contribution in [3.8, 4) is 0 Å². The number of allylic oxidation sites excluding steroid dienone is 1. The lowest BCUT2D eigenvalue weighted by Crippen LogP contribution is -2.16. The molecule has 0 aliphatic rings. The number of nitrogens with zero attached hydrogens (tertiary/aromatic N) is 4. The molecule has 30 heavy (non-hydrogen) atoms. The summed E-state index contributed by atoms with van der Waals surface area (Å²) in [5.74, 6) is -0.604. The van der Waals surface area contributed by atoms with Crippen LogP contribution < -0.4 is 0 Å². The Labute approximate surface area is 176 Å². The molecule has 3 rings (SSSR count). The van der Waals surface area contributed by atoms with Gasteiger partial charge in [0.1, 0.15) is 0 Å². The number of aryl methyl sites for hydroxylation is 4. The van der Waals surface area contributed by atoms with E-state index in [4.69, 9.17) is 4.74 Å². The first kappa shape index (κ1) is 21.5. The molecule has 0 radical (unpaired) electrons. The molecule has 0 aromatic carbocycles. The van der Waals surface area contributed by atoms with E-state index in [0.29, 0.717) is 18.5 Å². The molecule has 0 aliphatic heterocycles. The van der Waals surface area contributed by atoms with Crippen molar-refractivity contribution in [3.05, 3.63) is 64.4 Å². The van der Waals surface area contributed by atoms with Gasteiger partial charge in [0.05, 0.1) is 5.69 Å². The monoisotopic (exact) mass is 408 g/mol. The number of rotatable bonds is 8. The summed E-state index contributed by atoms with van der Waals surface area (Å²) in [7, 11) is 0. The molecule has 158 valence electrons. The normalized spacial score (nSPS) is 11.1. The smallest absolute Gasteiger partial charge is 0.306 e. The van der Waals surface area contributed by atoms with Gasteiger partial charge in [0.25, 0.3) is 0 Å². The van der Waals surface area contributed by atoms with Gasteiger partial charge in [0.2, 0.25) is 5.78 Å². The maximum atomic E-state index is 12.5. The molecule has 7 nitrogen and oxygen atoms in total. The molecule has 0 saturated heterocycles. The molecule has 0 aliphatic carbocycles. The fourth-order valence-corrected chi connectivity index (χ4v) is 3.82.